The van der Waals surface area contributed by atoms with Gasteiger partial charge in [-0.15, -0.1) is 11.3 Å². The van der Waals surface area contributed by atoms with Crippen molar-refractivity contribution in [1.29, 1.82) is 0 Å². The molecule has 31 heavy (non-hydrogen) atoms. The lowest BCUT2D eigenvalue weighted by Crippen LogP contribution is -2.35. The summed E-state index contributed by atoms with van der Waals surface area (Å²) in [7, 11) is 0. The molecule has 0 radical (unpaired) electrons. The minimum absolute atomic E-state index is 0.367. The van der Waals surface area contributed by atoms with Gasteiger partial charge in [0, 0.05) is 27.6 Å². The number of amidine groups is 1. The molecule has 1 N–H and O–H groups in total. The predicted octanol–water partition coefficient (Wildman–Crippen LogP) is 6.46. The summed E-state index contributed by atoms with van der Waals surface area (Å²) in [5.74, 6) is -0.534. The van der Waals surface area contributed by atoms with E-state index in [4.69, 9.17) is 4.99 Å². The van der Waals surface area contributed by atoms with Crippen molar-refractivity contribution in [1.82, 2.24) is 4.90 Å². The third kappa shape index (κ3) is 4.06. The molecule has 2 aromatic carbocycles. The number of halogens is 1. The van der Waals surface area contributed by atoms with Crippen molar-refractivity contribution >= 4 is 22.7 Å². The molecule has 0 fully saturated rings. The number of phenols is 1. The average Bonchev–Trinajstić information content (AvgIpc) is 3.07. The number of hydrogen-bond donors (Lipinski definition) is 1. The first-order valence-electron chi connectivity index (χ1n) is 10.2. The Morgan fingerprint density at radius 2 is 1.81 bits per heavy atom. The molecule has 1 aliphatic rings. The summed E-state index contributed by atoms with van der Waals surface area (Å²) in [6.07, 6.45) is 0.768. The predicted molar refractivity (Wildman–Crippen MR) is 127 cm³/mol. The lowest BCUT2D eigenvalue weighted by atomic mass is 10.0. The maximum Gasteiger partial charge on any atom is 0.165 e. The fraction of sp³-hybridized carbons (Fsp3) is 0.192. The zero-order valence-electron chi connectivity index (χ0n) is 17.9. The molecule has 0 bridgehead atoms. The SMILES string of the molecule is C=C1C(c2cc(C)c(C)s2)=C(C)N=C(c2cccc(F)c2O)N1CCc1ccccc1. The van der Waals surface area contributed by atoms with Crippen LogP contribution in [0, 0.1) is 19.7 Å². The summed E-state index contributed by atoms with van der Waals surface area (Å²) < 4.78 is 14.1. The van der Waals surface area contributed by atoms with E-state index in [2.05, 4.69) is 38.6 Å². The average molecular weight is 433 g/mol. The molecule has 158 valence electrons. The maximum absolute atomic E-state index is 14.1. The first kappa shape index (κ1) is 21.1. The van der Waals surface area contributed by atoms with Gasteiger partial charge < -0.3 is 10.0 Å². The summed E-state index contributed by atoms with van der Waals surface area (Å²) in [5, 5.41) is 10.4. The number of benzene rings is 2. The van der Waals surface area contributed by atoms with Gasteiger partial charge >= 0.3 is 0 Å². The normalized spacial score (nSPS) is 14.3. The van der Waals surface area contributed by atoms with E-state index in [0.29, 0.717) is 17.9 Å². The smallest absolute Gasteiger partial charge is 0.165 e. The van der Waals surface area contributed by atoms with Crippen LogP contribution < -0.4 is 0 Å². The largest absolute Gasteiger partial charge is 0.504 e. The monoisotopic (exact) mass is 432 g/mol. The summed E-state index contributed by atoms with van der Waals surface area (Å²) in [4.78, 5) is 9.21. The summed E-state index contributed by atoms with van der Waals surface area (Å²) in [6.45, 7) is 11.2. The fourth-order valence-corrected chi connectivity index (χ4v) is 4.94. The highest BCUT2D eigenvalue weighted by molar-refractivity contribution is 7.13. The molecule has 3 aromatic rings. The molecule has 2 heterocycles. The van der Waals surface area contributed by atoms with Crippen LogP contribution in [0.2, 0.25) is 0 Å². The first-order valence-corrected chi connectivity index (χ1v) is 11.0. The number of rotatable bonds is 5. The molecule has 4 rings (SSSR count). The molecule has 0 saturated heterocycles. The number of allylic oxidation sites excluding steroid dienone is 2. The van der Waals surface area contributed by atoms with Crippen molar-refractivity contribution in [3.63, 3.8) is 0 Å². The molecule has 0 atom stereocenters. The van der Waals surface area contributed by atoms with Crippen LogP contribution in [0.1, 0.15) is 33.4 Å². The maximum atomic E-state index is 14.1. The number of thiophene rings is 1. The Morgan fingerprint density at radius 1 is 1.06 bits per heavy atom. The van der Waals surface area contributed by atoms with E-state index >= 15 is 0 Å². The molecule has 1 aliphatic heterocycles. The van der Waals surface area contributed by atoms with Crippen molar-refractivity contribution in [3.8, 4) is 5.75 Å². The Hall–Kier alpha value is -3.18. The van der Waals surface area contributed by atoms with Gasteiger partial charge in [0.05, 0.1) is 11.3 Å². The van der Waals surface area contributed by atoms with Gasteiger partial charge in [0.25, 0.3) is 0 Å². The molecule has 0 saturated carbocycles. The van der Waals surface area contributed by atoms with Crippen LogP contribution in [0.4, 0.5) is 4.39 Å². The van der Waals surface area contributed by atoms with E-state index in [9.17, 15) is 9.50 Å². The number of hydrogen-bond acceptors (Lipinski definition) is 4. The van der Waals surface area contributed by atoms with Gasteiger partial charge in [-0.3, -0.25) is 0 Å². The van der Waals surface area contributed by atoms with Crippen molar-refractivity contribution in [2.75, 3.05) is 6.54 Å². The second-order valence-electron chi connectivity index (χ2n) is 7.72. The fourth-order valence-electron chi connectivity index (χ4n) is 3.79. The van der Waals surface area contributed by atoms with E-state index in [1.807, 2.05) is 30.0 Å². The van der Waals surface area contributed by atoms with E-state index < -0.39 is 11.6 Å². The summed E-state index contributed by atoms with van der Waals surface area (Å²) >= 11 is 1.72. The Balaban J connectivity index is 1.80. The molecular formula is C26H25FN2OS. The van der Waals surface area contributed by atoms with Gasteiger partial charge in [0.15, 0.2) is 11.6 Å². The van der Waals surface area contributed by atoms with Gasteiger partial charge in [-0.1, -0.05) is 43.0 Å². The number of aromatic hydroxyl groups is 1. The van der Waals surface area contributed by atoms with E-state index in [1.165, 1.54) is 22.1 Å². The topological polar surface area (TPSA) is 35.8 Å². The minimum Gasteiger partial charge on any atom is -0.504 e. The third-order valence-corrected chi connectivity index (χ3v) is 6.78. The summed E-state index contributed by atoms with van der Waals surface area (Å²) in [5.41, 5.74) is 5.40. The molecule has 5 heteroatoms. The van der Waals surface area contributed by atoms with Gasteiger partial charge in [0.2, 0.25) is 0 Å². The molecule has 0 amide bonds. The van der Waals surface area contributed by atoms with E-state index in [0.717, 1.165) is 28.3 Å². The van der Waals surface area contributed by atoms with Crippen molar-refractivity contribution in [3.05, 3.63) is 105 Å². The minimum atomic E-state index is -0.661. The number of nitrogens with zero attached hydrogens (tertiary/aromatic N) is 2. The van der Waals surface area contributed by atoms with Crippen molar-refractivity contribution < 1.29 is 9.50 Å². The Kier molecular flexibility index (Phi) is 5.79. The van der Waals surface area contributed by atoms with Gasteiger partial charge in [-0.2, -0.15) is 0 Å². The van der Waals surface area contributed by atoms with E-state index in [1.54, 1.807) is 23.5 Å². The van der Waals surface area contributed by atoms with Gasteiger partial charge in [-0.25, -0.2) is 9.38 Å². The Labute approximate surface area is 186 Å². The van der Waals surface area contributed by atoms with Crippen LogP contribution in [0.3, 0.4) is 0 Å². The Bertz CT molecular complexity index is 1190. The quantitative estimate of drug-likeness (QED) is 0.502. The lowest BCUT2D eigenvalue weighted by molar-refractivity contribution is 0.428. The van der Waals surface area contributed by atoms with Crippen molar-refractivity contribution in [2.24, 2.45) is 4.99 Å². The highest BCUT2D eigenvalue weighted by Crippen LogP contribution is 2.39. The van der Waals surface area contributed by atoms with Crippen LogP contribution >= 0.6 is 11.3 Å². The highest BCUT2D eigenvalue weighted by Gasteiger charge is 2.29. The van der Waals surface area contributed by atoms with Crippen LogP contribution in [0.25, 0.3) is 5.57 Å². The second-order valence-corrected chi connectivity index (χ2v) is 8.97. The van der Waals surface area contributed by atoms with Crippen molar-refractivity contribution in [2.45, 2.75) is 27.2 Å². The molecule has 3 nitrogen and oxygen atoms in total. The summed E-state index contributed by atoms with van der Waals surface area (Å²) in [6, 6.07) is 16.9. The van der Waals surface area contributed by atoms with Gasteiger partial charge in [0.1, 0.15) is 5.84 Å². The van der Waals surface area contributed by atoms with Crippen LogP contribution in [0.5, 0.6) is 5.75 Å². The molecular weight excluding hydrogens is 407 g/mol. The lowest BCUT2D eigenvalue weighted by Gasteiger charge is -2.33. The highest BCUT2D eigenvalue weighted by atomic mass is 32.1. The molecule has 0 unspecified atom stereocenters. The van der Waals surface area contributed by atoms with Crippen LogP contribution in [0.15, 0.2) is 77.6 Å². The number of aliphatic imine (C=N–C) groups is 1. The van der Waals surface area contributed by atoms with E-state index in [-0.39, 0.29) is 0 Å². The molecule has 1 aromatic heterocycles. The standard InChI is InChI=1S/C26H25FN2OS/c1-16-15-23(31-19(16)4)24-17(2)28-26(21-11-8-12-22(27)25(21)30)29(18(24)3)14-13-20-9-6-5-7-10-20/h5-12,15,30H,3,13-14H2,1-2,4H3. The zero-order chi connectivity index (χ0) is 22.1. The van der Waals surface area contributed by atoms with Crippen LogP contribution in [-0.4, -0.2) is 22.4 Å². The van der Waals surface area contributed by atoms with Gasteiger partial charge in [-0.05, 0) is 56.5 Å². The number of phenolic OH excluding ortho intramolecular Hbond substituents is 1. The first-order chi connectivity index (χ1) is 14.9. The van der Waals surface area contributed by atoms with Crippen LogP contribution in [-0.2, 0) is 6.42 Å². The number of para-hydroxylation sites is 1. The molecule has 0 aliphatic carbocycles. The molecule has 0 spiro atoms. The Morgan fingerprint density at radius 3 is 2.48 bits per heavy atom. The second kappa shape index (κ2) is 8.52. The number of aryl methyl sites for hydroxylation is 2. The zero-order valence-corrected chi connectivity index (χ0v) is 18.8. The third-order valence-electron chi connectivity index (χ3n) is 5.61.